The van der Waals surface area contributed by atoms with E-state index >= 15 is 0 Å². The smallest absolute Gasteiger partial charge is 0.132 e. The van der Waals surface area contributed by atoms with Gasteiger partial charge in [-0.2, -0.15) is 0 Å². The molecule has 0 radical (unpaired) electrons. The van der Waals surface area contributed by atoms with Gasteiger partial charge >= 0.3 is 0 Å². The summed E-state index contributed by atoms with van der Waals surface area (Å²) < 4.78 is 0.845. The molecule has 1 rings (SSSR count). The van der Waals surface area contributed by atoms with Gasteiger partial charge in [0.15, 0.2) is 0 Å². The standard InChI is InChI=1S/C8H12BrN3/c1-4-7-10-6(9)5-8(11-7)12(2)3/h5H,4H2,1-3H3. The van der Waals surface area contributed by atoms with Gasteiger partial charge in [-0.25, -0.2) is 9.97 Å². The molecule has 1 aromatic heterocycles. The van der Waals surface area contributed by atoms with Crippen LogP contribution < -0.4 is 4.90 Å². The van der Waals surface area contributed by atoms with Crippen molar-refractivity contribution in [1.29, 1.82) is 0 Å². The Balaban J connectivity index is 3.06. The molecule has 0 bridgehead atoms. The molecule has 3 nitrogen and oxygen atoms in total. The van der Waals surface area contributed by atoms with Gasteiger partial charge in [0.05, 0.1) is 0 Å². The van der Waals surface area contributed by atoms with Crippen molar-refractivity contribution in [2.75, 3.05) is 19.0 Å². The van der Waals surface area contributed by atoms with Crippen molar-refractivity contribution < 1.29 is 0 Å². The first kappa shape index (κ1) is 9.45. The van der Waals surface area contributed by atoms with Crippen molar-refractivity contribution >= 4 is 21.7 Å². The normalized spacial score (nSPS) is 10.0. The van der Waals surface area contributed by atoms with Crippen LogP contribution in [0, 0.1) is 0 Å². The molecule has 0 unspecified atom stereocenters. The summed E-state index contributed by atoms with van der Waals surface area (Å²) in [4.78, 5) is 10.5. The zero-order valence-electron chi connectivity index (χ0n) is 7.50. The molecule has 0 spiro atoms. The third-order valence-corrected chi connectivity index (χ3v) is 1.91. The van der Waals surface area contributed by atoms with Gasteiger partial charge in [-0.1, -0.05) is 6.92 Å². The van der Waals surface area contributed by atoms with Crippen LogP contribution in [0.2, 0.25) is 0 Å². The van der Waals surface area contributed by atoms with Crippen LogP contribution in [0.5, 0.6) is 0 Å². The van der Waals surface area contributed by atoms with Crippen molar-refractivity contribution in [3.05, 3.63) is 16.5 Å². The number of aromatic nitrogens is 2. The molecule has 4 heteroatoms. The van der Waals surface area contributed by atoms with E-state index in [1.165, 1.54) is 0 Å². The first-order valence-corrected chi connectivity index (χ1v) is 4.63. The van der Waals surface area contributed by atoms with Crippen LogP contribution in [0.25, 0.3) is 0 Å². The maximum absolute atomic E-state index is 4.34. The van der Waals surface area contributed by atoms with E-state index in [0.717, 1.165) is 22.7 Å². The zero-order chi connectivity index (χ0) is 9.14. The molecule has 0 saturated carbocycles. The van der Waals surface area contributed by atoms with E-state index in [0.29, 0.717) is 0 Å². The highest BCUT2D eigenvalue weighted by Gasteiger charge is 2.01. The summed E-state index contributed by atoms with van der Waals surface area (Å²) in [5, 5.41) is 0. The van der Waals surface area contributed by atoms with Gasteiger partial charge in [-0.3, -0.25) is 0 Å². The third-order valence-electron chi connectivity index (χ3n) is 1.50. The van der Waals surface area contributed by atoms with Crippen LogP contribution in [0.1, 0.15) is 12.7 Å². The van der Waals surface area contributed by atoms with E-state index in [4.69, 9.17) is 0 Å². The summed E-state index contributed by atoms with van der Waals surface area (Å²) in [6, 6.07) is 1.90. The number of hydrogen-bond donors (Lipinski definition) is 0. The molecule has 66 valence electrons. The Labute approximate surface area is 81.0 Å². The number of anilines is 1. The lowest BCUT2D eigenvalue weighted by Crippen LogP contribution is -2.12. The molecule has 0 N–H and O–H groups in total. The second kappa shape index (κ2) is 3.85. The summed E-state index contributed by atoms with van der Waals surface area (Å²) in [5.74, 6) is 1.81. The van der Waals surface area contributed by atoms with E-state index in [2.05, 4.69) is 25.9 Å². The van der Waals surface area contributed by atoms with E-state index in [-0.39, 0.29) is 0 Å². The highest BCUT2D eigenvalue weighted by Crippen LogP contribution is 2.14. The van der Waals surface area contributed by atoms with E-state index < -0.39 is 0 Å². The van der Waals surface area contributed by atoms with Crippen molar-refractivity contribution in [1.82, 2.24) is 9.97 Å². The number of rotatable bonds is 2. The number of aryl methyl sites for hydroxylation is 1. The maximum Gasteiger partial charge on any atom is 0.132 e. The summed E-state index contributed by atoms with van der Waals surface area (Å²) in [5.41, 5.74) is 0. The molecule has 0 atom stereocenters. The molecule has 0 amide bonds. The molecular formula is C8H12BrN3. The van der Waals surface area contributed by atoms with Crippen molar-refractivity contribution in [2.24, 2.45) is 0 Å². The van der Waals surface area contributed by atoms with Gasteiger partial charge in [-0.15, -0.1) is 0 Å². The molecule has 1 heterocycles. The zero-order valence-corrected chi connectivity index (χ0v) is 9.09. The monoisotopic (exact) mass is 229 g/mol. The average molecular weight is 230 g/mol. The third kappa shape index (κ3) is 2.17. The lowest BCUT2D eigenvalue weighted by atomic mass is 10.4. The minimum absolute atomic E-state index is 0.845. The van der Waals surface area contributed by atoms with Gasteiger partial charge in [0.1, 0.15) is 16.2 Å². The van der Waals surface area contributed by atoms with E-state index in [9.17, 15) is 0 Å². The van der Waals surface area contributed by atoms with Crippen LogP contribution in [0.4, 0.5) is 5.82 Å². The van der Waals surface area contributed by atoms with Crippen LogP contribution in [0.3, 0.4) is 0 Å². The minimum atomic E-state index is 0.845. The molecule has 0 saturated heterocycles. The van der Waals surface area contributed by atoms with Gasteiger partial charge in [-0.05, 0) is 15.9 Å². The lowest BCUT2D eigenvalue weighted by Gasteiger charge is -2.11. The Hall–Kier alpha value is -0.640. The molecule has 12 heavy (non-hydrogen) atoms. The second-order valence-electron chi connectivity index (χ2n) is 2.71. The Morgan fingerprint density at radius 1 is 1.42 bits per heavy atom. The largest absolute Gasteiger partial charge is 0.363 e. The van der Waals surface area contributed by atoms with E-state index in [1.54, 1.807) is 0 Å². The van der Waals surface area contributed by atoms with Crippen LogP contribution >= 0.6 is 15.9 Å². The number of halogens is 1. The molecule has 1 aromatic rings. The fourth-order valence-corrected chi connectivity index (χ4v) is 1.25. The Bertz CT molecular complexity index is 273. The number of nitrogens with zero attached hydrogens (tertiary/aromatic N) is 3. The predicted octanol–water partition coefficient (Wildman–Crippen LogP) is 1.87. The Kier molecular flexibility index (Phi) is 3.03. The van der Waals surface area contributed by atoms with Gasteiger partial charge in [0, 0.05) is 26.6 Å². The maximum atomic E-state index is 4.34. The molecular weight excluding hydrogens is 218 g/mol. The number of hydrogen-bond acceptors (Lipinski definition) is 3. The predicted molar refractivity (Wildman–Crippen MR) is 53.4 cm³/mol. The van der Waals surface area contributed by atoms with Crippen molar-refractivity contribution in [2.45, 2.75) is 13.3 Å². The van der Waals surface area contributed by atoms with Crippen LogP contribution in [0.15, 0.2) is 10.7 Å². The van der Waals surface area contributed by atoms with Gasteiger partial charge < -0.3 is 4.90 Å². The first-order valence-electron chi connectivity index (χ1n) is 3.84. The fraction of sp³-hybridized carbons (Fsp3) is 0.500. The topological polar surface area (TPSA) is 29.0 Å². The summed E-state index contributed by atoms with van der Waals surface area (Å²) in [6.07, 6.45) is 0.861. The SMILES string of the molecule is CCc1nc(Br)cc(N(C)C)n1. The van der Waals surface area contributed by atoms with Crippen LogP contribution in [-0.2, 0) is 6.42 Å². The lowest BCUT2D eigenvalue weighted by molar-refractivity contribution is 0.906. The molecule has 0 fully saturated rings. The van der Waals surface area contributed by atoms with Crippen LogP contribution in [-0.4, -0.2) is 24.1 Å². The Morgan fingerprint density at radius 2 is 2.08 bits per heavy atom. The van der Waals surface area contributed by atoms with Crippen molar-refractivity contribution in [3.63, 3.8) is 0 Å². The fourth-order valence-electron chi connectivity index (χ4n) is 0.839. The van der Waals surface area contributed by atoms with Gasteiger partial charge in [0.2, 0.25) is 0 Å². The summed E-state index contributed by atoms with van der Waals surface area (Å²) in [6.45, 7) is 2.04. The first-order chi connectivity index (χ1) is 5.63. The Morgan fingerprint density at radius 3 is 2.58 bits per heavy atom. The quantitative estimate of drug-likeness (QED) is 0.726. The molecule has 0 aliphatic heterocycles. The molecule has 0 aliphatic rings. The second-order valence-corrected chi connectivity index (χ2v) is 3.53. The average Bonchev–Trinajstić information content (AvgIpc) is 2.03. The molecule has 0 aliphatic carbocycles. The minimum Gasteiger partial charge on any atom is -0.363 e. The van der Waals surface area contributed by atoms with Crippen molar-refractivity contribution in [3.8, 4) is 0 Å². The van der Waals surface area contributed by atoms with Gasteiger partial charge in [0.25, 0.3) is 0 Å². The summed E-state index contributed by atoms with van der Waals surface area (Å²) >= 11 is 3.34. The highest BCUT2D eigenvalue weighted by molar-refractivity contribution is 9.10. The highest BCUT2D eigenvalue weighted by atomic mass is 79.9. The van der Waals surface area contributed by atoms with E-state index in [1.807, 2.05) is 32.0 Å². The molecule has 0 aromatic carbocycles. The summed E-state index contributed by atoms with van der Waals surface area (Å²) in [7, 11) is 3.93.